The zero-order valence-electron chi connectivity index (χ0n) is 44.3. The fourth-order valence-electron chi connectivity index (χ4n) is 13.0. The molecule has 10 nitrogen and oxygen atoms in total. The zero-order valence-corrected chi connectivity index (χ0v) is 44.3. The Hall–Kier alpha value is -10.8. The van der Waals surface area contributed by atoms with E-state index in [2.05, 4.69) is 212 Å². The highest BCUT2D eigenvalue weighted by atomic mass is 15.2. The van der Waals surface area contributed by atoms with Gasteiger partial charge in [0, 0.05) is 71.0 Å². The minimum atomic E-state index is -0.0462. The van der Waals surface area contributed by atoms with Crippen LogP contribution in [0.25, 0.3) is 145 Å². The van der Waals surface area contributed by atoms with E-state index < -0.39 is 0 Å². The molecule has 2 aliphatic carbocycles. The molecule has 1 atom stereocenters. The molecule has 0 bridgehead atoms. The molecule has 0 radical (unpaired) electrons. The van der Waals surface area contributed by atoms with Gasteiger partial charge in [0.1, 0.15) is 0 Å². The number of hydrogen-bond acceptors (Lipinski definition) is 6. The number of rotatable bonds is 8. The maximum Gasteiger partial charge on any atom is 0.238 e. The Labute approximate surface area is 470 Å². The minimum Gasteiger partial charge on any atom is -0.332 e. The molecule has 386 valence electrons. The number of hydrogen-bond donors (Lipinski definition) is 0. The molecule has 10 heteroatoms. The molecule has 17 rings (SSSR count). The second kappa shape index (κ2) is 18.4. The van der Waals surface area contributed by atoms with E-state index in [9.17, 15) is 0 Å². The largest absolute Gasteiger partial charge is 0.332 e. The van der Waals surface area contributed by atoms with Crippen LogP contribution in [0.2, 0.25) is 0 Å². The lowest BCUT2D eigenvalue weighted by Crippen LogP contribution is -2.10. The number of para-hydroxylation sites is 4. The Morgan fingerprint density at radius 1 is 0.366 bits per heavy atom. The first-order valence-corrected chi connectivity index (χ1v) is 28.0. The molecule has 2 aliphatic rings. The molecular formula is C72H48N10. The number of benzene rings is 9. The molecule has 6 aromatic heterocycles. The van der Waals surface area contributed by atoms with Gasteiger partial charge in [-0.25, -0.2) is 9.97 Å². The van der Waals surface area contributed by atoms with E-state index in [0.717, 1.165) is 107 Å². The van der Waals surface area contributed by atoms with Crippen molar-refractivity contribution in [3.05, 3.63) is 255 Å². The summed E-state index contributed by atoms with van der Waals surface area (Å²) < 4.78 is 9.55. The summed E-state index contributed by atoms with van der Waals surface area (Å²) in [6, 6.07) is 75.0. The number of fused-ring (bicyclic) bond motifs is 13. The van der Waals surface area contributed by atoms with Crippen LogP contribution in [0, 0.1) is 0 Å². The normalized spacial score (nSPS) is 14.6. The number of nitrogens with zero attached hydrogens (tertiary/aromatic N) is 10. The fraction of sp³-hybridized carbons (Fsp3) is 0.0556. The third kappa shape index (κ3) is 7.14. The van der Waals surface area contributed by atoms with Crippen molar-refractivity contribution in [2.24, 2.45) is 0 Å². The van der Waals surface area contributed by atoms with E-state index in [1.165, 1.54) is 27.2 Å². The van der Waals surface area contributed by atoms with E-state index in [0.29, 0.717) is 35.2 Å². The van der Waals surface area contributed by atoms with Crippen molar-refractivity contribution in [2.45, 2.75) is 25.3 Å². The topological polar surface area (TPSA) is 97.1 Å². The van der Waals surface area contributed by atoms with Gasteiger partial charge >= 0.3 is 0 Å². The second-order valence-corrected chi connectivity index (χ2v) is 21.3. The molecule has 0 N–H and O–H groups in total. The highest BCUT2D eigenvalue weighted by Gasteiger charge is 2.27. The molecule has 0 aliphatic heterocycles. The van der Waals surface area contributed by atoms with Crippen molar-refractivity contribution >= 4 is 98.5 Å². The molecule has 0 saturated carbocycles. The Kier molecular flexibility index (Phi) is 10.3. The Morgan fingerprint density at radius 2 is 0.841 bits per heavy atom. The first-order valence-electron chi connectivity index (χ1n) is 28.0. The van der Waals surface area contributed by atoms with Crippen LogP contribution in [0.5, 0.6) is 0 Å². The summed E-state index contributed by atoms with van der Waals surface area (Å²) in [6.45, 7) is 0. The summed E-state index contributed by atoms with van der Waals surface area (Å²) in [5.41, 5.74) is 13.8. The zero-order chi connectivity index (χ0) is 53.8. The summed E-state index contributed by atoms with van der Waals surface area (Å²) >= 11 is 0. The summed E-state index contributed by atoms with van der Waals surface area (Å²) in [5.74, 6) is 3.76. The predicted molar refractivity (Wildman–Crippen MR) is 334 cm³/mol. The summed E-state index contributed by atoms with van der Waals surface area (Å²) in [7, 11) is 0. The van der Waals surface area contributed by atoms with Crippen LogP contribution in [0.1, 0.15) is 31.1 Å². The molecule has 9 aromatic carbocycles. The van der Waals surface area contributed by atoms with Crippen LogP contribution in [0.15, 0.2) is 249 Å². The van der Waals surface area contributed by atoms with Gasteiger partial charge in [-0.2, -0.15) is 19.9 Å². The second-order valence-electron chi connectivity index (χ2n) is 21.3. The van der Waals surface area contributed by atoms with Gasteiger partial charge in [-0.3, -0.25) is 9.13 Å². The van der Waals surface area contributed by atoms with E-state index >= 15 is 0 Å². The smallest absolute Gasteiger partial charge is 0.238 e. The maximum absolute atomic E-state index is 5.31. The van der Waals surface area contributed by atoms with Gasteiger partial charge in [0.15, 0.2) is 23.3 Å². The van der Waals surface area contributed by atoms with Crippen LogP contribution < -0.4 is 0 Å². The Morgan fingerprint density at radius 3 is 1.43 bits per heavy atom. The standard InChI is InChI=1S/C72H48N10/c1-5-22-45(23-6-1)67-73-68(46-24-7-2-8-25-46)76-71(75-67)81-61-39-20-16-35-55(61)65-62(81)41-40-54-51-32-13-18-37-59(51)80(66(54)65)50-31-21-30-49(42-50)79-58-36-17-14-33-52(58)56-44-64-57(43-63(56)79)53-34-15-19-38-60(53)82(64)72-77-69(47-26-9-3-10-27-47)74-70(78-72)48-28-11-4-12-29-48/h1-11,13-28,30,32-44,50H,12,29,31H2. The molecule has 0 amide bonds. The predicted octanol–water partition coefficient (Wildman–Crippen LogP) is 17.2. The quantitative estimate of drug-likeness (QED) is 0.150. The van der Waals surface area contributed by atoms with Crippen LogP contribution in [-0.4, -0.2) is 48.2 Å². The SMILES string of the molecule is C1=CCCC(c2nc(-c3ccccc3)nc(-n3c4ccccc4c4cc5c(cc43)c3ccccc3n5C3=CC(n4c5ccccc5c5ccc6c(c7ccccc7n6-c6nc(-c7ccccc7)nc(-c7ccccc7)n6)c54)CC=C3)n2)=C1. The highest BCUT2D eigenvalue weighted by molar-refractivity contribution is 6.26. The van der Waals surface area contributed by atoms with Gasteiger partial charge in [0.25, 0.3) is 0 Å². The van der Waals surface area contributed by atoms with Gasteiger partial charge < -0.3 is 9.13 Å². The van der Waals surface area contributed by atoms with Gasteiger partial charge in [0.05, 0.1) is 44.7 Å². The monoisotopic (exact) mass is 1050 g/mol. The highest BCUT2D eigenvalue weighted by Crippen LogP contribution is 2.45. The van der Waals surface area contributed by atoms with Crippen molar-refractivity contribution < 1.29 is 0 Å². The molecule has 0 fully saturated rings. The number of allylic oxidation sites excluding steroid dienone is 8. The van der Waals surface area contributed by atoms with E-state index in [1.54, 1.807) is 0 Å². The van der Waals surface area contributed by atoms with Crippen molar-refractivity contribution in [3.63, 3.8) is 0 Å². The van der Waals surface area contributed by atoms with Crippen LogP contribution >= 0.6 is 0 Å². The van der Waals surface area contributed by atoms with Crippen LogP contribution in [0.3, 0.4) is 0 Å². The average molecular weight is 1050 g/mol. The first-order chi connectivity index (χ1) is 40.7. The molecule has 1 unspecified atom stereocenters. The molecule has 6 heterocycles. The van der Waals surface area contributed by atoms with Crippen molar-refractivity contribution in [1.82, 2.24) is 48.2 Å². The van der Waals surface area contributed by atoms with Crippen molar-refractivity contribution in [1.29, 1.82) is 0 Å². The summed E-state index contributed by atoms with van der Waals surface area (Å²) in [5, 5.41) is 9.26. The molecule has 15 aromatic rings. The van der Waals surface area contributed by atoms with Gasteiger partial charge in [0.2, 0.25) is 11.9 Å². The molecular weight excluding hydrogens is 1000 g/mol. The van der Waals surface area contributed by atoms with Crippen molar-refractivity contribution in [3.8, 4) is 46.1 Å². The molecule has 0 saturated heterocycles. The van der Waals surface area contributed by atoms with E-state index in [-0.39, 0.29) is 6.04 Å². The molecule has 0 spiro atoms. The lowest BCUT2D eigenvalue weighted by Gasteiger charge is -2.23. The lowest BCUT2D eigenvalue weighted by atomic mass is 10.0. The first kappa shape index (κ1) is 46.1. The average Bonchev–Trinajstić information content (AvgIpc) is 4.48. The van der Waals surface area contributed by atoms with Crippen LogP contribution in [0.4, 0.5) is 0 Å². The Bertz CT molecular complexity index is 5190. The lowest BCUT2D eigenvalue weighted by molar-refractivity contribution is 0.648. The number of aromatic nitrogens is 10. The minimum absolute atomic E-state index is 0.0462. The van der Waals surface area contributed by atoms with Gasteiger partial charge in [-0.1, -0.05) is 194 Å². The third-order valence-corrected chi connectivity index (χ3v) is 16.6. The van der Waals surface area contributed by atoms with Crippen LogP contribution in [-0.2, 0) is 0 Å². The third-order valence-electron chi connectivity index (χ3n) is 16.6. The Balaban J connectivity index is 0.876. The van der Waals surface area contributed by atoms with E-state index in [1.807, 2.05) is 54.6 Å². The van der Waals surface area contributed by atoms with E-state index in [4.69, 9.17) is 29.9 Å². The fourth-order valence-corrected chi connectivity index (χ4v) is 13.0. The molecule has 82 heavy (non-hydrogen) atoms. The van der Waals surface area contributed by atoms with Crippen molar-refractivity contribution in [2.75, 3.05) is 0 Å². The van der Waals surface area contributed by atoms with Gasteiger partial charge in [-0.05, 0) is 79.5 Å². The summed E-state index contributed by atoms with van der Waals surface area (Å²) in [4.78, 5) is 31.3. The van der Waals surface area contributed by atoms with Gasteiger partial charge in [-0.15, -0.1) is 0 Å². The summed E-state index contributed by atoms with van der Waals surface area (Å²) in [6.07, 6.45) is 16.2. The maximum atomic E-state index is 5.31.